The molecule has 2 aromatic carbocycles. The molecule has 0 saturated heterocycles. The highest BCUT2D eigenvalue weighted by atomic mass is 19.1. The van der Waals surface area contributed by atoms with Gasteiger partial charge < -0.3 is 5.32 Å². The Morgan fingerprint density at radius 2 is 1.84 bits per heavy atom. The van der Waals surface area contributed by atoms with Crippen LogP contribution in [0.25, 0.3) is 0 Å². The molecule has 0 bridgehead atoms. The second-order valence-corrected chi connectivity index (χ2v) is 5.54. The molecule has 0 heterocycles. The number of benzene rings is 2. The molecule has 0 radical (unpaired) electrons. The van der Waals surface area contributed by atoms with Gasteiger partial charge >= 0.3 is 0 Å². The van der Waals surface area contributed by atoms with Gasteiger partial charge in [-0.2, -0.15) is 0 Å². The highest BCUT2D eigenvalue weighted by Crippen LogP contribution is 2.23. The molecule has 0 spiro atoms. The molecular formula is C17H17F2N3O3. The molecule has 25 heavy (non-hydrogen) atoms. The average Bonchev–Trinajstić information content (AvgIpc) is 2.54. The maximum atomic E-state index is 13.8. The predicted molar refractivity (Wildman–Crippen MR) is 89.1 cm³/mol. The number of para-hydroxylation sites is 2. The van der Waals surface area contributed by atoms with E-state index in [-0.39, 0.29) is 16.9 Å². The number of nitrogens with one attached hydrogen (secondary N) is 2. The van der Waals surface area contributed by atoms with Crippen molar-refractivity contribution in [3.63, 3.8) is 0 Å². The smallest absolute Gasteiger partial charge is 0.292 e. The van der Waals surface area contributed by atoms with Gasteiger partial charge in [-0.1, -0.05) is 18.2 Å². The number of nitrogens with zero attached hydrogens (tertiary/aromatic N) is 1. The van der Waals surface area contributed by atoms with E-state index in [0.29, 0.717) is 0 Å². The van der Waals surface area contributed by atoms with Crippen LogP contribution >= 0.6 is 0 Å². The summed E-state index contributed by atoms with van der Waals surface area (Å²) in [6.45, 7) is 3.17. The third kappa shape index (κ3) is 4.57. The van der Waals surface area contributed by atoms with Gasteiger partial charge in [-0.05, 0) is 26.0 Å². The minimum Gasteiger partial charge on any atom is -0.319 e. The summed E-state index contributed by atoms with van der Waals surface area (Å²) in [7, 11) is 0. The van der Waals surface area contributed by atoms with Crippen molar-refractivity contribution in [3.05, 3.63) is 69.8 Å². The third-order valence-electron chi connectivity index (χ3n) is 3.68. The number of hydrogen-bond acceptors (Lipinski definition) is 4. The summed E-state index contributed by atoms with van der Waals surface area (Å²) >= 11 is 0. The van der Waals surface area contributed by atoms with Crippen molar-refractivity contribution < 1.29 is 18.5 Å². The van der Waals surface area contributed by atoms with E-state index in [2.05, 4.69) is 10.6 Å². The van der Waals surface area contributed by atoms with E-state index < -0.39 is 34.5 Å². The molecule has 0 fully saturated rings. The maximum absolute atomic E-state index is 13.8. The highest BCUT2D eigenvalue weighted by molar-refractivity contribution is 5.96. The number of carbonyl (C=O) groups excluding carboxylic acids is 1. The number of rotatable bonds is 6. The van der Waals surface area contributed by atoms with Crippen LogP contribution in [0.5, 0.6) is 0 Å². The lowest BCUT2D eigenvalue weighted by Gasteiger charge is -2.20. The Bertz CT molecular complexity index is 798. The third-order valence-corrected chi connectivity index (χ3v) is 3.68. The second-order valence-electron chi connectivity index (χ2n) is 5.54. The summed E-state index contributed by atoms with van der Waals surface area (Å²) in [6.07, 6.45) is 0. The van der Waals surface area contributed by atoms with E-state index in [1.165, 1.54) is 24.3 Å². The number of carbonyl (C=O) groups is 1. The lowest BCUT2D eigenvalue weighted by molar-refractivity contribution is -0.383. The van der Waals surface area contributed by atoms with Gasteiger partial charge in [0.15, 0.2) is 0 Å². The van der Waals surface area contributed by atoms with Gasteiger partial charge in [0, 0.05) is 23.7 Å². The summed E-state index contributed by atoms with van der Waals surface area (Å²) < 4.78 is 26.8. The Balaban J connectivity index is 2.06. The lowest BCUT2D eigenvalue weighted by Crippen LogP contribution is -2.39. The van der Waals surface area contributed by atoms with Crippen LogP contribution in [-0.4, -0.2) is 16.9 Å². The van der Waals surface area contributed by atoms with Crippen LogP contribution in [0.3, 0.4) is 0 Å². The van der Waals surface area contributed by atoms with Crippen molar-refractivity contribution in [2.75, 3.05) is 5.32 Å². The number of amides is 1. The molecule has 0 aliphatic rings. The Morgan fingerprint density at radius 3 is 2.48 bits per heavy atom. The molecule has 2 N–H and O–H groups in total. The van der Waals surface area contributed by atoms with Crippen LogP contribution in [0.4, 0.5) is 20.2 Å². The molecule has 132 valence electrons. The first kappa shape index (κ1) is 18.5. The number of nitro groups is 1. The number of anilines is 1. The zero-order valence-corrected chi connectivity index (χ0v) is 13.6. The average molecular weight is 349 g/mol. The molecular weight excluding hydrogens is 332 g/mol. The summed E-state index contributed by atoms with van der Waals surface area (Å²) in [4.78, 5) is 22.6. The van der Waals surface area contributed by atoms with Gasteiger partial charge in [0.1, 0.15) is 17.3 Å². The van der Waals surface area contributed by atoms with Gasteiger partial charge in [0.25, 0.3) is 5.69 Å². The molecule has 0 aliphatic heterocycles. The lowest BCUT2D eigenvalue weighted by atomic mass is 10.1. The largest absolute Gasteiger partial charge is 0.319 e. The fraction of sp³-hybridized carbons (Fsp3) is 0.235. The summed E-state index contributed by atoms with van der Waals surface area (Å²) in [5.74, 6) is -1.91. The standard InChI is InChI=1S/C17H17F2N3O3/c1-10(13-8-7-12(18)9-14(13)19)20-11(2)17(23)21-15-5-3-4-6-16(15)22(24)25/h3-11,20H,1-2H3,(H,21,23)/t10-,11+/m1/s1. The molecule has 1 amide bonds. The fourth-order valence-corrected chi connectivity index (χ4v) is 2.37. The number of nitro benzene ring substituents is 1. The molecule has 2 aromatic rings. The van der Waals surface area contributed by atoms with Gasteiger partial charge in [0.2, 0.25) is 5.91 Å². The van der Waals surface area contributed by atoms with E-state index in [4.69, 9.17) is 0 Å². The SMILES string of the molecule is C[C@H](N[C@H](C)c1ccc(F)cc1F)C(=O)Nc1ccccc1[N+](=O)[O-]. The van der Waals surface area contributed by atoms with Gasteiger partial charge in [-0.3, -0.25) is 20.2 Å². The normalized spacial score (nSPS) is 13.1. The van der Waals surface area contributed by atoms with Crippen molar-refractivity contribution in [3.8, 4) is 0 Å². The molecule has 6 nitrogen and oxygen atoms in total. The molecule has 0 aromatic heterocycles. The van der Waals surface area contributed by atoms with E-state index in [0.717, 1.165) is 12.1 Å². The van der Waals surface area contributed by atoms with Crippen LogP contribution in [0.2, 0.25) is 0 Å². The minimum absolute atomic E-state index is 0.0757. The van der Waals surface area contributed by atoms with Crippen molar-refractivity contribution >= 4 is 17.3 Å². The Hall–Kier alpha value is -2.87. The van der Waals surface area contributed by atoms with E-state index >= 15 is 0 Å². The highest BCUT2D eigenvalue weighted by Gasteiger charge is 2.21. The quantitative estimate of drug-likeness (QED) is 0.617. The van der Waals surface area contributed by atoms with Crippen LogP contribution in [0, 0.1) is 21.7 Å². The molecule has 8 heteroatoms. The molecule has 0 saturated carbocycles. The van der Waals surface area contributed by atoms with Crippen LogP contribution in [0.15, 0.2) is 42.5 Å². The van der Waals surface area contributed by atoms with Crippen molar-refractivity contribution in [2.45, 2.75) is 25.9 Å². The fourth-order valence-electron chi connectivity index (χ4n) is 2.37. The minimum atomic E-state index is -0.765. The first-order chi connectivity index (χ1) is 11.8. The first-order valence-corrected chi connectivity index (χ1v) is 7.55. The maximum Gasteiger partial charge on any atom is 0.292 e. The van der Waals surface area contributed by atoms with Crippen molar-refractivity contribution in [1.82, 2.24) is 5.32 Å². The molecule has 2 rings (SSSR count). The van der Waals surface area contributed by atoms with E-state index in [9.17, 15) is 23.7 Å². The zero-order valence-electron chi connectivity index (χ0n) is 13.6. The summed E-state index contributed by atoms with van der Waals surface area (Å²) in [6, 6.07) is 7.64. The van der Waals surface area contributed by atoms with E-state index in [1.54, 1.807) is 19.9 Å². The van der Waals surface area contributed by atoms with Crippen molar-refractivity contribution in [2.24, 2.45) is 0 Å². The topological polar surface area (TPSA) is 84.3 Å². The molecule has 0 unspecified atom stereocenters. The van der Waals surface area contributed by atoms with Gasteiger partial charge in [0.05, 0.1) is 11.0 Å². The van der Waals surface area contributed by atoms with Gasteiger partial charge in [-0.15, -0.1) is 0 Å². The van der Waals surface area contributed by atoms with Crippen LogP contribution in [-0.2, 0) is 4.79 Å². The molecule has 2 atom stereocenters. The summed E-state index contributed by atoms with van der Waals surface area (Å²) in [5.41, 5.74) is 0.0687. The number of hydrogen-bond donors (Lipinski definition) is 2. The Labute approximate surface area is 143 Å². The Morgan fingerprint density at radius 1 is 1.16 bits per heavy atom. The van der Waals surface area contributed by atoms with E-state index in [1.807, 2.05) is 0 Å². The zero-order chi connectivity index (χ0) is 18.6. The monoisotopic (exact) mass is 349 g/mol. The van der Waals surface area contributed by atoms with Crippen molar-refractivity contribution in [1.29, 1.82) is 0 Å². The first-order valence-electron chi connectivity index (χ1n) is 7.55. The Kier molecular flexibility index (Phi) is 5.76. The van der Waals surface area contributed by atoms with Crippen LogP contribution < -0.4 is 10.6 Å². The number of halogens is 2. The summed E-state index contributed by atoms with van der Waals surface area (Å²) in [5, 5.41) is 16.3. The van der Waals surface area contributed by atoms with Gasteiger partial charge in [-0.25, -0.2) is 8.78 Å². The molecule has 0 aliphatic carbocycles. The van der Waals surface area contributed by atoms with Crippen LogP contribution in [0.1, 0.15) is 25.5 Å². The predicted octanol–water partition coefficient (Wildman–Crippen LogP) is 3.55. The second kappa shape index (κ2) is 7.80.